The van der Waals surface area contributed by atoms with Crippen molar-refractivity contribution in [3.05, 3.63) is 52.8 Å². The van der Waals surface area contributed by atoms with Crippen LogP contribution in [-0.2, 0) is 7.05 Å². The molecule has 1 unspecified atom stereocenters. The minimum absolute atomic E-state index is 0. The van der Waals surface area contributed by atoms with Gasteiger partial charge in [-0.3, -0.25) is 9.48 Å². The summed E-state index contributed by atoms with van der Waals surface area (Å²) in [6, 6.07) is 9.52. The largest absolute Gasteiger partial charge is 0.350 e. The van der Waals surface area contributed by atoms with Crippen LogP contribution in [0.4, 0.5) is 0 Å². The molecule has 21 heavy (non-hydrogen) atoms. The lowest BCUT2D eigenvalue weighted by Crippen LogP contribution is -2.32. The molecule has 0 bridgehead atoms. The number of hydrogen-bond acceptors (Lipinski definition) is 3. The highest BCUT2D eigenvalue weighted by molar-refractivity contribution is 5.96. The fourth-order valence-electron chi connectivity index (χ4n) is 2.21. The number of carbonyl (C=O) groups is 1. The van der Waals surface area contributed by atoms with Crippen LogP contribution in [0.5, 0.6) is 0 Å². The number of amides is 1. The molecule has 3 N–H and O–H groups in total. The van der Waals surface area contributed by atoms with Crippen LogP contribution in [0.1, 0.15) is 33.4 Å². The van der Waals surface area contributed by atoms with Gasteiger partial charge in [0.1, 0.15) is 0 Å². The smallest absolute Gasteiger partial charge is 0.255 e. The van der Waals surface area contributed by atoms with E-state index in [2.05, 4.69) is 10.4 Å². The summed E-state index contributed by atoms with van der Waals surface area (Å²) < 4.78 is 1.71. The zero-order valence-corrected chi connectivity index (χ0v) is 13.3. The van der Waals surface area contributed by atoms with Crippen molar-refractivity contribution in [2.75, 3.05) is 6.54 Å². The van der Waals surface area contributed by atoms with E-state index in [9.17, 15) is 4.79 Å². The summed E-state index contributed by atoms with van der Waals surface area (Å²) in [6.07, 6.45) is 0. The molecule has 2 aromatic rings. The number of hydrogen-bond donors (Lipinski definition) is 2. The molecule has 1 atom stereocenters. The highest BCUT2D eigenvalue weighted by Crippen LogP contribution is 2.12. The lowest BCUT2D eigenvalue weighted by atomic mass is 10.1. The van der Waals surface area contributed by atoms with Crippen LogP contribution in [0.2, 0.25) is 0 Å². The average molecular weight is 309 g/mol. The molecule has 6 heteroatoms. The minimum atomic E-state index is -0.211. The van der Waals surface area contributed by atoms with E-state index in [1.165, 1.54) is 0 Å². The Balaban J connectivity index is 0.00000220. The highest BCUT2D eigenvalue weighted by atomic mass is 35.5. The van der Waals surface area contributed by atoms with Crippen molar-refractivity contribution in [2.24, 2.45) is 12.8 Å². The molecule has 1 heterocycles. The van der Waals surface area contributed by atoms with E-state index in [4.69, 9.17) is 5.73 Å². The average Bonchev–Trinajstić information content (AvgIpc) is 2.70. The summed E-state index contributed by atoms with van der Waals surface area (Å²) in [4.78, 5) is 12.2. The zero-order valence-electron chi connectivity index (χ0n) is 12.5. The molecule has 5 nitrogen and oxygen atoms in total. The molecule has 1 aromatic carbocycles. The van der Waals surface area contributed by atoms with Gasteiger partial charge in [-0.15, -0.1) is 12.4 Å². The SMILES string of the molecule is Cc1nn(C)c(C)c1C(=O)NCC(N)c1ccccc1.Cl. The first-order chi connectivity index (χ1) is 9.50. The summed E-state index contributed by atoms with van der Waals surface area (Å²) in [6.45, 7) is 4.11. The topological polar surface area (TPSA) is 72.9 Å². The normalized spacial score (nSPS) is 11.6. The summed E-state index contributed by atoms with van der Waals surface area (Å²) in [5.74, 6) is -0.125. The van der Waals surface area contributed by atoms with E-state index >= 15 is 0 Å². The number of nitrogens with zero attached hydrogens (tertiary/aromatic N) is 2. The van der Waals surface area contributed by atoms with Crippen molar-refractivity contribution in [1.82, 2.24) is 15.1 Å². The van der Waals surface area contributed by atoms with Crippen molar-refractivity contribution in [2.45, 2.75) is 19.9 Å². The maximum Gasteiger partial charge on any atom is 0.255 e. The van der Waals surface area contributed by atoms with Gasteiger partial charge in [-0.2, -0.15) is 5.10 Å². The first-order valence-corrected chi connectivity index (χ1v) is 6.59. The number of rotatable bonds is 4. The number of nitrogens with one attached hydrogen (secondary N) is 1. The fourth-order valence-corrected chi connectivity index (χ4v) is 2.21. The van der Waals surface area contributed by atoms with Crippen LogP contribution < -0.4 is 11.1 Å². The molecule has 0 aliphatic rings. The van der Waals surface area contributed by atoms with Crippen molar-refractivity contribution < 1.29 is 4.79 Å². The molecule has 0 saturated carbocycles. The van der Waals surface area contributed by atoms with Gasteiger partial charge in [0.05, 0.1) is 11.3 Å². The van der Waals surface area contributed by atoms with Gasteiger partial charge in [0, 0.05) is 25.3 Å². The van der Waals surface area contributed by atoms with Gasteiger partial charge in [-0.05, 0) is 19.4 Å². The Morgan fingerprint density at radius 3 is 2.48 bits per heavy atom. The van der Waals surface area contributed by atoms with Crippen LogP contribution >= 0.6 is 12.4 Å². The third-order valence-corrected chi connectivity index (χ3v) is 3.45. The number of benzene rings is 1. The maximum absolute atomic E-state index is 12.2. The molecule has 1 aromatic heterocycles. The van der Waals surface area contributed by atoms with Gasteiger partial charge in [0.25, 0.3) is 5.91 Å². The Labute approximate surface area is 130 Å². The highest BCUT2D eigenvalue weighted by Gasteiger charge is 2.17. The summed E-state index contributed by atoms with van der Waals surface area (Å²) >= 11 is 0. The molecule has 0 fully saturated rings. The van der Waals surface area contributed by atoms with E-state index < -0.39 is 0 Å². The first kappa shape index (κ1) is 17.2. The van der Waals surface area contributed by atoms with E-state index in [0.29, 0.717) is 12.1 Å². The van der Waals surface area contributed by atoms with Gasteiger partial charge in [-0.25, -0.2) is 0 Å². The van der Waals surface area contributed by atoms with Crippen molar-refractivity contribution >= 4 is 18.3 Å². The van der Waals surface area contributed by atoms with E-state index in [1.807, 2.05) is 51.2 Å². The number of aromatic nitrogens is 2. The van der Waals surface area contributed by atoms with E-state index in [1.54, 1.807) is 4.68 Å². The molecule has 0 radical (unpaired) electrons. The Kier molecular flexibility index (Phi) is 5.93. The van der Waals surface area contributed by atoms with Crippen molar-refractivity contribution in [3.8, 4) is 0 Å². The summed E-state index contributed by atoms with van der Waals surface area (Å²) in [5, 5.41) is 7.12. The number of halogens is 1. The molecule has 0 saturated heterocycles. The Morgan fingerprint density at radius 2 is 1.95 bits per heavy atom. The van der Waals surface area contributed by atoms with Crippen LogP contribution in [0, 0.1) is 13.8 Å². The monoisotopic (exact) mass is 308 g/mol. The second kappa shape index (κ2) is 7.24. The number of nitrogens with two attached hydrogens (primary N) is 1. The lowest BCUT2D eigenvalue weighted by Gasteiger charge is -2.13. The van der Waals surface area contributed by atoms with Gasteiger partial charge >= 0.3 is 0 Å². The molecule has 0 aliphatic heterocycles. The number of aryl methyl sites for hydroxylation is 2. The van der Waals surface area contributed by atoms with Crippen molar-refractivity contribution in [3.63, 3.8) is 0 Å². The lowest BCUT2D eigenvalue weighted by molar-refractivity contribution is 0.0950. The zero-order chi connectivity index (χ0) is 14.7. The molecular weight excluding hydrogens is 288 g/mol. The molecular formula is C15H21ClN4O. The quantitative estimate of drug-likeness (QED) is 0.906. The minimum Gasteiger partial charge on any atom is -0.350 e. The third kappa shape index (κ3) is 3.83. The molecule has 0 aliphatic carbocycles. The third-order valence-electron chi connectivity index (χ3n) is 3.45. The molecule has 2 rings (SSSR count). The van der Waals surface area contributed by atoms with Crippen LogP contribution in [0.25, 0.3) is 0 Å². The van der Waals surface area contributed by atoms with Crippen LogP contribution in [0.15, 0.2) is 30.3 Å². The Morgan fingerprint density at radius 1 is 1.33 bits per heavy atom. The van der Waals surface area contributed by atoms with Crippen molar-refractivity contribution in [1.29, 1.82) is 0 Å². The van der Waals surface area contributed by atoms with E-state index in [0.717, 1.165) is 17.0 Å². The summed E-state index contributed by atoms with van der Waals surface area (Å²) in [7, 11) is 1.83. The van der Waals surface area contributed by atoms with E-state index in [-0.39, 0.29) is 24.4 Å². The van der Waals surface area contributed by atoms with Gasteiger partial charge < -0.3 is 11.1 Å². The van der Waals surface area contributed by atoms with Gasteiger partial charge in [0.2, 0.25) is 0 Å². The standard InChI is InChI=1S/C15H20N4O.ClH/c1-10-14(11(2)19(3)18-10)15(20)17-9-13(16)12-7-5-4-6-8-12;/h4-8,13H,9,16H2,1-3H3,(H,17,20);1H. The Hall–Kier alpha value is -1.85. The maximum atomic E-state index is 12.2. The Bertz CT molecular complexity index is 610. The van der Waals surface area contributed by atoms with Crippen LogP contribution in [0.3, 0.4) is 0 Å². The predicted octanol–water partition coefficient (Wildman–Crippen LogP) is 1.89. The molecule has 114 valence electrons. The van der Waals surface area contributed by atoms with Gasteiger partial charge in [-0.1, -0.05) is 30.3 Å². The second-order valence-corrected chi connectivity index (χ2v) is 4.90. The summed E-state index contributed by atoms with van der Waals surface area (Å²) in [5.41, 5.74) is 9.29. The van der Waals surface area contributed by atoms with Crippen LogP contribution in [-0.4, -0.2) is 22.2 Å². The molecule has 1 amide bonds. The first-order valence-electron chi connectivity index (χ1n) is 6.59. The fraction of sp³-hybridized carbons (Fsp3) is 0.333. The predicted molar refractivity (Wildman–Crippen MR) is 85.6 cm³/mol. The number of carbonyl (C=O) groups excluding carboxylic acids is 1. The van der Waals surface area contributed by atoms with Gasteiger partial charge in [0.15, 0.2) is 0 Å². The second-order valence-electron chi connectivity index (χ2n) is 4.90. The molecule has 0 spiro atoms.